The predicted octanol–water partition coefficient (Wildman–Crippen LogP) is 1.19. The average molecular weight is 193 g/mol. The van der Waals surface area contributed by atoms with E-state index in [9.17, 15) is 5.11 Å². The molecule has 4 nitrogen and oxygen atoms in total. The summed E-state index contributed by atoms with van der Waals surface area (Å²) < 4.78 is 0. The van der Waals surface area contributed by atoms with E-state index in [-0.39, 0.29) is 12.1 Å². The van der Waals surface area contributed by atoms with E-state index < -0.39 is 0 Å². The van der Waals surface area contributed by atoms with Crippen molar-refractivity contribution in [2.24, 2.45) is 0 Å². The highest BCUT2D eigenvalue weighted by molar-refractivity contribution is 5.29. The Kier molecular flexibility index (Phi) is 2.63. The number of nitrogens with zero attached hydrogens (tertiary/aromatic N) is 2. The molecule has 2 rings (SSSR count). The van der Waals surface area contributed by atoms with Crippen LogP contribution in [0.25, 0.3) is 0 Å². The summed E-state index contributed by atoms with van der Waals surface area (Å²) in [4.78, 5) is 8.20. The molecule has 1 saturated carbocycles. The van der Waals surface area contributed by atoms with Crippen molar-refractivity contribution in [3.05, 3.63) is 18.5 Å². The van der Waals surface area contributed by atoms with Gasteiger partial charge in [-0.25, -0.2) is 9.97 Å². The zero-order chi connectivity index (χ0) is 9.86. The molecule has 1 fully saturated rings. The molecule has 76 valence electrons. The molecule has 1 aromatic heterocycles. The van der Waals surface area contributed by atoms with Crippen molar-refractivity contribution in [1.82, 2.24) is 9.97 Å². The van der Waals surface area contributed by atoms with Gasteiger partial charge in [0.25, 0.3) is 0 Å². The van der Waals surface area contributed by atoms with Gasteiger partial charge >= 0.3 is 0 Å². The van der Waals surface area contributed by atoms with E-state index in [1.54, 1.807) is 18.5 Å². The fraction of sp³-hybridized carbons (Fsp3) is 0.600. The molecule has 0 amide bonds. The molecular weight excluding hydrogens is 178 g/mol. The fourth-order valence-electron chi connectivity index (χ4n) is 1.98. The zero-order valence-electron chi connectivity index (χ0n) is 8.11. The lowest BCUT2D eigenvalue weighted by atomic mass is 9.99. The topological polar surface area (TPSA) is 58.0 Å². The van der Waals surface area contributed by atoms with E-state index in [1.807, 2.05) is 0 Å². The SMILES string of the molecule is OCC1(Nc2ncccn2)CCCC1. The lowest BCUT2D eigenvalue weighted by Crippen LogP contribution is -2.39. The number of nitrogens with one attached hydrogen (secondary N) is 1. The van der Waals surface area contributed by atoms with E-state index in [0.717, 1.165) is 12.8 Å². The Labute approximate surface area is 83.4 Å². The summed E-state index contributed by atoms with van der Waals surface area (Å²) in [6, 6.07) is 1.78. The summed E-state index contributed by atoms with van der Waals surface area (Å²) in [6.07, 6.45) is 7.75. The molecule has 4 heteroatoms. The van der Waals surface area contributed by atoms with Crippen LogP contribution < -0.4 is 5.32 Å². The van der Waals surface area contributed by atoms with Crippen LogP contribution in [0, 0.1) is 0 Å². The van der Waals surface area contributed by atoms with E-state index in [2.05, 4.69) is 15.3 Å². The van der Waals surface area contributed by atoms with Gasteiger partial charge in [0, 0.05) is 12.4 Å². The Balaban J connectivity index is 2.08. The second-order valence-corrected chi connectivity index (χ2v) is 3.84. The van der Waals surface area contributed by atoms with Gasteiger partial charge in [0.1, 0.15) is 0 Å². The lowest BCUT2D eigenvalue weighted by Gasteiger charge is -2.27. The highest BCUT2D eigenvalue weighted by Gasteiger charge is 2.33. The Morgan fingerprint density at radius 3 is 2.50 bits per heavy atom. The van der Waals surface area contributed by atoms with Crippen molar-refractivity contribution >= 4 is 5.95 Å². The van der Waals surface area contributed by atoms with Crippen molar-refractivity contribution < 1.29 is 5.11 Å². The van der Waals surface area contributed by atoms with Gasteiger partial charge < -0.3 is 10.4 Å². The summed E-state index contributed by atoms with van der Waals surface area (Å²) in [5, 5.41) is 12.6. The first kappa shape index (κ1) is 9.40. The molecule has 14 heavy (non-hydrogen) atoms. The van der Waals surface area contributed by atoms with Gasteiger partial charge in [0.2, 0.25) is 5.95 Å². The minimum absolute atomic E-state index is 0.158. The number of hydrogen-bond donors (Lipinski definition) is 2. The number of aliphatic hydroxyl groups is 1. The van der Waals surface area contributed by atoms with Gasteiger partial charge in [-0.3, -0.25) is 0 Å². The van der Waals surface area contributed by atoms with Crippen LogP contribution in [0.2, 0.25) is 0 Å². The summed E-state index contributed by atoms with van der Waals surface area (Å²) in [5.41, 5.74) is -0.179. The van der Waals surface area contributed by atoms with Crippen molar-refractivity contribution in [2.45, 2.75) is 31.2 Å². The quantitative estimate of drug-likeness (QED) is 0.757. The molecule has 2 N–H and O–H groups in total. The smallest absolute Gasteiger partial charge is 0.223 e. The van der Waals surface area contributed by atoms with Gasteiger partial charge in [-0.15, -0.1) is 0 Å². The Hall–Kier alpha value is -1.16. The Morgan fingerprint density at radius 1 is 1.29 bits per heavy atom. The zero-order valence-corrected chi connectivity index (χ0v) is 8.11. The molecule has 0 aliphatic heterocycles. The van der Waals surface area contributed by atoms with Crippen LogP contribution in [0.4, 0.5) is 5.95 Å². The third kappa shape index (κ3) is 1.85. The monoisotopic (exact) mass is 193 g/mol. The number of aromatic nitrogens is 2. The Bertz CT molecular complexity index is 283. The molecule has 0 radical (unpaired) electrons. The summed E-state index contributed by atoms with van der Waals surface area (Å²) in [5.74, 6) is 0.614. The molecule has 0 bridgehead atoms. The van der Waals surface area contributed by atoms with Crippen LogP contribution >= 0.6 is 0 Å². The van der Waals surface area contributed by atoms with Crippen molar-refractivity contribution in [1.29, 1.82) is 0 Å². The van der Waals surface area contributed by atoms with Crippen LogP contribution in [0.3, 0.4) is 0 Å². The fourth-order valence-corrected chi connectivity index (χ4v) is 1.98. The van der Waals surface area contributed by atoms with E-state index in [4.69, 9.17) is 0 Å². The highest BCUT2D eigenvalue weighted by Crippen LogP contribution is 2.31. The first-order valence-corrected chi connectivity index (χ1v) is 5.01. The third-order valence-corrected chi connectivity index (χ3v) is 2.81. The first-order chi connectivity index (χ1) is 6.85. The largest absolute Gasteiger partial charge is 0.394 e. The van der Waals surface area contributed by atoms with E-state index >= 15 is 0 Å². The highest BCUT2D eigenvalue weighted by atomic mass is 16.3. The standard InChI is InChI=1S/C10H15N3O/c14-8-10(4-1-2-5-10)13-9-11-6-3-7-12-9/h3,6-7,14H,1-2,4-5,8H2,(H,11,12,13). The molecule has 0 atom stereocenters. The minimum atomic E-state index is -0.179. The maximum Gasteiger partial charge on any atom is 0.223 e. The van der Waals surface area contributed by atoms with Crippen molar-refractivity contribution in [3.63, 3.8) is 0 Å². The first-order valence-electron chi connectivity index (χ1n) is 5.01. The second kappa shape index (κ2) is 3.92. The van der Waals surface area contributed by atoms with Gasteiger partial charge in [0.05, 0.1) is 12.1 Å². The van der Waals surface area contributed by atoms with Crippen molar-refractivity contribution in [2.75, 3.05) is 11.9 Å². The van der Waals surface area contributed by atoms with Crippen molar-refractivity contribution in [3.8, 4) is 0 Å². The minimum Gasteiger partial charge on any atom is -0.394 e. The van der Waals surface area contributed by atoms with Gasteiger partial charge in [-0.2, -0.15) is 0 Å². The number of rotatable bonds is 3. The number of anilines is 1. The molecule has 0 spiro atoms. The second-order valence-electron chi connectivity index (χ2n) is 3.84. The molecular formula is C10H15N3O. The third-order valence-electron chi connectivity index (χ3n) is 2.81. The number of aliphatic hydroxyl groups excluding tert-OH is 1. The van der Waals surface area contributed by atoms with Gasteiger partial charge in [-0.1, -0.05) is 12.8 Å². The maximum atomic E-state index is 9.36. The molecule has 1 heterocycles. The predicted molar refractivity (Wildman–Crippen MR) is 53.9 cm³/mol. The van der Waals surface area contributed by atoms with Crippen LogP contribution in [-0.4, -0.2) is 27.2 Å². The van der Waals surface area contributed by atoms with Crippen LogP contribution in [0.1, 0.15) is 25.7 Å². The van der Waals surface area contributed by atoms with Crippen LogP contribution in [0.15, 0.2) is 18.5 Å². The van der Waals surface area contributed by atoms with Gasteiger partial charge in [0.15, 0.2) is 0 Å². The van der Waals surface area contributed by atoms with E-state index in [0.29, 0.717) is 5.95 Å². The molecule has 0 saturated heterocycles. The number of hydrogen-bond acceptors (Lipinski definition) is 4. The molecule has 0 aromatic carbocycles. The average Bonchev–Trinajstić information content (AvgIpc) is 2.69. The normalized spacial score (nSPS) is 19.5. The molecule has 1 aliphatic carbocycles. The molecule has 1 aliphatic rings. The molecule has 1 aromatic rings. The summed E-state index contributed by atoms with van der Waals surface area (Å²) in [7, 11) is 0. The lowest BCUT2D eigenvalue weighted by molar-refractivity contribution is 0.213. The van der Waals surface area contributed by atoms with E-state index in [1.165, 1.54) is 12.8 Å². The van der Waals surface area contributed by atoms with Gasteiger partial charge in [-0.05, 0) is 18.9 Å². The van der Waals surface area contributed by atoms with Crippen LogP contribution in [0.5, 0.6) is 0 Å². The maximum absolute atomic E-state index is 9.36. The van der Waals surface area contributed by atoms with Crippen LogP contribution in [-0.2, 0) is 0 Å². The molecule has 0 unspecified atom stereocenters. The summed E-state index contributed by atoms with van der Waals surface area (Å²) in [6.45, 7) is 0.158. The Morgan fingerprint density at radius 2 is 1.93 bits per heavy atom. The summed E-state index contributed by atoms with van der Waals surface area (Å²) >= 11 is 0.